The van der Waals surface area contributed by atoms with Gasteiger partial charge in [-0.25, -0.2) is 9.67 Å². The van der Waals surface area contributed by atoms with E-state index in [-0.39, 0.29) is 0 Å². The maximum absolute atomic E-state index is 4.86. The summed E-state index contributed by atoms with van der Waals surface area (Å²) in [6.45, 7) is 0.879. The molecule has 2 bridgehead atoms. The lowest BCUT2D eigenvalue weighted by molar-refractivity contribution is 0.313. The van der Waals surface area contributed by atoms with E-state index in [2.05, 4.69) is 68.8 Å². The standard InChI is InChI=1S/C28H30N6/c1-2-4-21-14-25(13-20(21)3-1)29-15-18-6-9-24(10-7-18)32-28-30-16-23-17-31-34(27(23)33-28)26-12-19-5-8-22(26)11-19/h1-4,6-7,9-10,16-17,19,22,25-26,29H,5,8,11-15H2,(H,30,32,33)/t19-,22+,26+/m1/s1. The molecule has 7 rings (SSSR count). The zero-order valence-corrected chi connectivity index (χ0v) is 19.3. The molecule has 2 fully saturated rings. The average Bonchev–Trinajstić information content (AvgIpc) is 3.66. The molecular formula is C28H30N6. The Balaban J connectivity index is 1.01. The van der Waals surface area contributed by atoms with Crippen molar-refractivity contribution in [3.8, 4) is 0 Å². The molecule has 3 aliphatic carbocycles. The molecule has 2 N–H and O–H groups in total. The summed E-state index contributed by atoms with van der Waals surface area (Å²) in [7, 11) is 0. The van der Waals surface area contributed by atoms with Gasteiger partial charge in [0.15, 0.2) is 5.65 Å². The van der Waals surface area contributed by atoms with Crippen molar-refractivity contribution >= 4 is 22.7 Å². The van der Waals surface area contributed by atoms with Gasteiger partial charge in [-0.05, 0) is 72.8 Å². The van der Waals surface area contributed by atoms with Gasteiger partial charge < -0.3 is 10.6 Å². The lowest BCUT2D eigenvalue weighted by Gasteiger charge is -2.22. The van der Waals surface area contributed by atoms with Crippen LogP contribution in [0.5, 0.6) is 0 Å². The number of nitrogens with zero attached hydrogens (tertiary/aromatic N) is 4. The zero-order valence-electron chi connectivity index (χ0n) is 19.3. The second-order valence-electron chi connectivity index (χ2n) is 10.4. The molecule has 172 valence electrons. The lowest BCUT2D eigenvalue weighted by Crippen LogP contribution is -2.28. The number of anilines is 2. The van der Waals surface area contributed by atoms with Crippen molar-refractivity contribution in [1.29, 1.82) is 0 Å². The Bertz CT molecular complexity index is 1300. The Morgan fingerprint density at radius 1 is 0.912 bits per heavy atom. The van der Waals surface area contributed by atoms with Crippen molar-refractivity contribution in [2.24, 2.45) is 11.8 Å². The number of aromatic nitrogens is 4. The van der Waals surface area contributed by atoms with Gasteiger partial charge in [-0.1, -0.05) is 42.8 Å². The fraction of sp³-hybridized carbons (Fsp3) is 0.393. The van der Waals surface area contributed by atoms with Crippen LogP contribution in [0.4, 0.5) is 11.6 Å². The minimum atomic E-state index is 0.499. The Morgan fingerprint density at radius 3 is 2.47 bits per heavy atom. The monoisotopic (exact) mass is 450 g/mol. The van der Waals surface area contributed by atoms with Gasteiger partial charge in [-0.3, -0.25) is 0 Å². The van der Waals surface area contributed by atoms with Crippen LogP contribution >= 0.6 is 0 Å². The van der Waals surface area contributed by atoms with Crippen molar-refractivity contribution in [3.05, 3.63) is 77.6 Å². The highest BCUT2D eigenvalue weighted by Gasteiger charge is 2.41. The highest BCUT2D eigenvalue weighted by molar-refractivity contribution is 5.75. The number of hydrogen-bond acceptors (Lipinski definition) is 5. The smallest absolute Gasteiger partial charge is 0.229 e. The molecule has 0 aliphatic heterocycles. The summed E-state index contributed by atoms with van der Waals surface area (Å²) in [5.41, 5.74) is 6.21. The third-order valence-electron chi connectivity index (χ3n) is 8.21. The summed E-state index contributed by atoms with van der Waals surface area (Å²) in [4.78, 5) is 9.39. The van der Waals surface area contributed by atoms with Crippen LogP contribution in [0.2, 0.25) is 0 Å². The normalized spacial score (nSPS) is 23.6. The Hall–Kier alpha value is -3.25. The van der Waals surface area contributed by atoms with E-state index in [0.29, 0.717) is 18.0 Å². The van der Waals surface area contributed by atoms with Gasteiger partial charge in [-0.2, -0.15) is 10.1 Å². The second-order valence-corrected chi connectivity index (χ2v) is 10.4. The van der Waals surface area contributed by atoms with Gasteiger partial charge in [-0.15, -0.1) is 0 Å². The van der Waals surface area contributed by atoms with Gasteiger partial charge >= 0.3 is 0 Å². The minimum Gasteiger partial charge on any atom is -0.324 e. The van der Waals surface area contributed by atoms with E-state index in [1.165, 1.54) is 42.4 Å². The maximum atomic E-state index is 4.86. The van der Waals surface area contributed by atoms with Crippen LogP contribution in [0.15, 0.2) is 60.9 Å². The van der Waals surface area contributed by atoms with Crippen LogP contribution in [0.3, 0.4) is 0 Å². The van der Waals surface area contributed by atoms with Gasteiger partial charge in [0, 0.05) is 24.5 Å². The first-order valence-corrected chi connectivity index (χ1v) is 12.6. The lowest BCUT2D eigenvalue weighted by atomic mass is 9.95. The molecule has 0 saturated heterocycles. The van der Waals surface area contributed by atoms with Crippen LogP contribution in [-0.2, 0) is 19.4 Å². The molecule has 2 saturated carbocycles. The van der Waals surface area contributed by atoms with E-state index in [0.717, 1.165) is 47.9 Å². The number of hydrogen-bond donors (Lipinski definition) is 2. The van der Waals surface area contributed by atoms with Crippen LogP contribution in [0, 0.1) is 11.8 Å². The SMILES string of the molecule is c1ccc2c(c1)CC(NCc1ccc(Nc3ncc4cnn([C@H]5C[C@@H]6CC[C@H]5C6)c4n3)cc1)C2. The van der Waals surface area contributed by atoms with E-state index in [1.54, 1.807) is 0 Å². The van der Waals surface area contributed by atoms with Gasteiger partial charge in [0.1, 0.15) is 0 Å². The minimum absolute atomic E-state index is 0.499. The molecule has 4 aromatic rings. The van der Waals surface area contributed by atoms with Gasteiger partial charge in [0.05, 0.1) is 17.6 Å². The molecule has 0 unspecified atom stereocenters. The zero-order chi connectivity index (χ0) is 22.5. The van der Waals surface area contributed by atoms with Gasteiger partial charge in [0.2, 0.25) is 5.95 Å². The summed E-state index contributed by atoms with van der Waals surface area (Å²) < 4.78 is 2.17. The molecule has 6 nitrogen and oxygen atoms in total. The van der Waals surface area contributed by atoms with E-state index in [9.17, 15) is 0 Å². The van der Waals surface area contributed by atoms with Crippen molar-refractivity contribution in [2.75, 3.05) is 5.32 Å². The van der Waals surface area contributed by atoms with E-state index >= 15 is 0 Å². The molecule has 2 aromatic carbocycles. The molecule has 34 heavy (non-hydrogen) atoms. The molecule has 2 aromatic heterocycles. The first-order valence-electron chi connectivity index (χ1n) is 12.6. The highest BCUT2D eigenvalue weighted by atomic mass is 15.3. The molecule has 2 heterocycles. The summed E-state index contributed by atoms with van der Waals surface area (Å²) in [6.07, 6.45) is 11.4. The number of rotatable bonds is 6. The third kappa shape index (κ3) is 3.66. The molecule has 6 heteroatoms. The Kier molecular flexibility index (Phi) is 4.86. The first-order chi connectivity index (χ1) is 16.8. The predicted octanol–water partition coefficient (Wildman–Crippen LogP) is 5.19. The molecule has 3 atom stereocenters. The molecular weight excluding hydrogens is 420 g/mol. The number of fused-ring (bicyclic) bond motifs is 4. The molecule has 3 aliphatic rings. The van der Waals surface area contributed by atoms with Crippen molar-refractivity contribution in [1.82, 2.24) is 25.1 Å². The topological polar surface area (TPSA) is 67.7 Å². The van der Waals surface area contributed by atoms with E-state index < -0.39 is 0 Å². The summed E-state index contributed by atoms with van der Waals surface area (Å²) in [5.74, 6) is 2.27. The third-order valence-corrected chi connectivity index (χ3v) is 8.21. The number of nitrogens with one attached hydrogen (secondary N) is 2. The van der Waals surface area contributed by atoms with E-state index in [1.807, 2.05) is 12.4 Å². The quantitative estimate of drug-likeness (QED) is 0.423. The predicted molar refractivity (Wildman–Crippen MR) is 134 cm³/mol. The summed E-state index contributed by atoms with van der Waals surface area (Å²) in [5, 5.41) is 12.8. The summed E-state index contributed by atoms with van der Waals surface area (Å²) in [6, 6.07) is 18.4. The molecule has 0 amide bonds. The van der Waals surface area contributed by atoms with Crippen LogP contribution in [-0.4, -0.2) is 25.8 Å². The van der Waals surface area contributed by atoms with Crippen molar-refractivity contribution in [2.45, 2.75) is 57.2 Å². The van der Waals surface area contributed by atoms with Crippen molar-refractivity contribution < 1.29 is 0 Å². The van der Waals surface area contributed by atoms with Crippen LogP contribution in [0.25, 0.3) is 11.0 Å². The highest BCUT2D eigenvalue weighted by Crippen LogP contribution is 2.51. The second kappa shape index (κ2) is 8.20. The maximum Gasteiger partial charge on any atom is 0.229 e. The number of benzene rings is 2. The Morgan fingerprint density at radius 2 is 1.74 bits per heavy atom. The van der Waals surface area contributed by atoms with Crippen molar-refractivity contribution in [3.63, 3.8) is 0 Å². The largest absolute Gasteiger partial charge is 0.324 e. The molecule has 0 radical (unpaired) electrons. The fourth-order valence-corrected chi connectivity index (χ4v) is 6.45. The van der Waals surface area contributed by atoms with E-state index in [4.69, 9.17) is 10.1 Å². The fourth-order valence-electron chi connectivity index (χ4n) is 6.45. The first kappa shape index (κ1) is 20.2. The van der Waals surface area contributed by atoms with Crippen LogP contribution < -0.4 is 10.6 Å². The Labute approximate surface area is 199 Å². The van der Waals surface area contributed by atoms with Gasteiger partial charge in [0.25, 0.3) is 0 Å². The molecule has 0 spiro atoms. The summed E-state index contributed by atoms with van der Waals surface area (Å²) >= 11 is 0. The van der Waals surface area contributed by atoms with Crippen LogP contribution in [0.1, 0.15) is 48.4 Å². The average molecular weight is 451 g/mol.